The minimum Gasteiger partial charge on any atom is -0.482 e. The smallest absolute Gasteiger partial charge is 0.471 e. The molecule has 0 saturated heterocycles. The molecule has 2 aromatic rings. The molecule has 28 heavy (non-hydrogen) atoms. The Morgan fingerprint density at radius 1 is 1.25 bits per heavy atom. The highest BCUT2D eigenvalue weighted by Gasteiger charge is 2.40. The Morgan fingerprint density at radius 3 is 2.46 bits per heavy atom. The molecule has 0 bridgehead atoms. The van der Waals surface area contributed by atoms with Crippen LogP contribution in [0.1, 0.15) is 24.2 Å². The molecule has 0 aliphatic rings. The van der Waals surface area contributed by atoms with Crippen LogP contribution in [0.2, 0.25) is 0 Å². The van der Waals surface area contributed by atoms with E-state index >= 15 is 0 Å². The summed E-state index contributed by atoms with van der Waals surface area (Å²) in [5.74, 6) is -2.27. The Kier molecular flexibility index (Phi) is 6.57. The van der Waals surface area contributed by atoms with Crippen molar-refractivity contribution < 1.29 is 32.7 Å². The molecule has 0 aliphatic carbocycles. The Balaban J connectivity index is 2.16. The summed E-state index contributed by atoms with van der Waals surface area (Å²) in [6, 6.07) is 11.1. The van der Waals surface area contributed by atoms with Gasteiger partial charge in [0.05, 0.1) is 17.1 Å². The van der Waals surface area contributed by atoms with Gasteiger partial charge in [-0.2, -0.15) is 13.2 Å². The van der Waals surface area contributed by atoms with Gasteiger partial charge in [0.25, 0.3) is 0 Å². The Morgan fingerprint density at radius 2 is 1.89 bits per heavy atom. The van der Waals surface area contributed by atoms with E-state index in [1.165, 1.54) is 12.1 Å². The Labute approximate surface area is 157 Å². The number of nitro groups is 1. The fourth-order valence-electron chi connectivity index (χ4n) is 2.37. The maximum Gasteiger partial charge on any atom is 0.471 e. The summed E-state index contributed by atoms with van der Waals surface area (Å²) in [6.45, 7) is 1.22. The van der Waals surface area contributed by atoms with Gasteiger partial charge in [-0.15, -0.1) is 0 Å². The van der Waals surface area contributed by atoms with Crippen molar-refractivity contribution in [2.45, 2.75) is 31.9 Å². The van der Waals surface area contributed by atoms with E-state index in [1.54, 1.807) is 35.6 Å². The van der Waals surface area contributed by atoms with Crippen LogP contribution in [-0.4, -0.2) is 28.2 Å². The van der Waals surface area contributed by atoms with E-state index in [-0.39, 0.29) is 17.9 Å². The summed E-state index contributed by atoms with van der Waals surface area (Å²) in [4.78, 5) is 21.6. The zero-order valence-electron chi connectivity index (χ0n) is 14.6. The van der Waals surface area contributed by atoms with E-state index in [0.29, 0.717) is 0 Å². The fourth-order valence-corrected chi connectivity index (χ4v) is 2.37. The lowest BCUT2D eigenvalue weighted by Gasteiger charge is -2.21. The number of nitrogens with zero attached hydrogens (tertiary/aromatic N) is 1. The zero-order valence-corrected chi connectivity index (χ0v) is 14.6. The minimum absolute atomic E-state index is 0.0336. The van der Waals surface area contributed by atoms with Crippen LogP contribution < -0.4 is 10.1 Å². The standard InChI is InChI=1S/C18H17F3N2O5/c1-11(22-17(25)18(19,20)21)16(24)13-7-8-15(14(9-13)23(26)27)28-10-12-5-3-2-4-6-12/h2-9,11,16,24H,10H2,1H3,(H,22,25)/t11-,16+/m0/s1. The Bertz CT molecular complexity index is 843. The molecule has 7 nitrogen and oxygen atoms in total. The molecule has 0 saturated carbocycles. The molecular weight excluding hydrogens is 381 g/mol. The number of hydrogen-bond acceptors (Lipinski definition) is 5. The van der Waals surface area contributed by atoms with Crippen molar-refractivity contribution in [3.63, 3.8) is 0 Å². The summed E-state index contributed by atoms with van der Waals surface area (Å²) in [6.07, 6.45) is -6.69. The van der Waals surface area contributed by atoms with Crippen molar-refractivity contribution in [2.24, 2.45) is 0 Å². The third-order valence-electron chi connectivity index (χ3n) is 3.85. The molecule has 0 aliphatic heterocycles. The number of amides is 1. The predicted octanol–water partition coefficient (Wildman–Crippen LogP) is 3.27. The molecule has 0 heterocycles. The van der Waals surface area contributed by atoms with E-state index < -0.39 is 34.8 Å². The minimum atomic E-state index is -5.10. The lowest BCUT2D eigenvalue weighted by atomic mass is 10.0. The van der Waals surface area contributed by atoms with Crippen molar-refractivity contribution in [1.29, 1.82) is 0 Å². The molecule has 2 rings (SSSR count). The molecule has 150 valence electrons. The number of ether oxygens (including phenoxy) is 1. The summed E-state index contributed by atoms with van der Waals surface area (Å²) in [5.41, 5.74) is 0.292. The van der Waals surface area contributed by atoms with Crippen molar-refractivity contribution in [3.05, 3.63) is 69.8 Å². The van der Waals surface area contributed by atoms with Crippen LogP contribution in [0.3, 0.4) is 0 Å². The second kappa shape index (κ2) is 8.70. The molecule has 10 heteroatoms. The van der Waals surface area contributed by atoms with Gasteiger partial charge in [-0.25, -0.2) is 0 Å². The number of carbonyl (C=O) groups excluding carboxylic acids is 1. The van der Waals surface area contributed by atoms with E-state index in [9.17, 15) is 33.2 Å². The number of hydrogen-bond donors (Lipinski definition) is 2. The first-order valence-electron chi connectivity index (χ1n) is 8.10. The quantitative estimate of drug-likeness (QED) is 0.551. The number of nitro benzene ring substituents is 1. The zero-order chi connectivity index (χ0) is 20.9. The van der Waals surface area contributed by atoms with Gasteiger partial charge in [0.15, 0.2) is 5.75 Å². The molecule has 0 unspecified atom stereocenters. The Hall–Kier alpha value is -3.14. The summed E-state index contributed by atoms with van der Waals surface area (Å²) >= 11 is 0. The molecule has 0 aromatic heterocycles. The molecule has 1 amide bonds. The van der Waals surface area contributed by atoms with E-state index in [2.05, 4.69) is 0 Å². The van der Waals surface area contributed by atoms with Crippen LogP contribution in [0, 0.1) is 10.1 Å². The lowest BCUT2D eigenvalue weighted by molar-refractivity contribution is -0.386. The van der Waals surface area contributed by atoms with Gasteiger partial charge in [0.1, 0.15) is 6.61 Å². The number of halogens is 3. The third kappa shape index (κ3) is 5.43. The fraction of sp³-hybridized carbons (Fsp3) is 0.278. The van der Waals surface area contributed by atoms with E-state index in [0.717, 1.165) is 18.6 Å². The average Bonchev–Trinajstić information content (AvgIpc) is 2.65. The normalized spacial score (nSPS) is 13.5. The van der Waals surface area contributed by atoms with Crippen molar-refractivity contribution in [1.82, 2.24) is 5.32 Å². The maximum atomic E-state index is 12.3. The monoisotopic (exact) mass is 398 g/mol. The van der Waals surface area contributed by atoms with Gasteiger partial charge in [-0.3, -0.25) is 14.9 Å². The van der Waals surface area contributed by atoms with Gasteiger partial charge in [0.2, 0.25) is 0 Å². The van der Waals surface area contributed by atoms with Crippen molar-refractivity contribution >= 4 is 11.6 Å². The number of aliphatic hydroxyl groups is 1. The molecular formula is C18H17F3N2O5. The third-order valence-corrected chi connectivity index (χ3v) is 3.85. The second-order valence-corrected chi connectivity index (χ2v) is 5.96. The van der Waals surface area contributed by atoms with Gasteiger partial charge in [0, 0.05) is 6.07 Å². The molecule has 0 spiro atoms. The van der Waals surface area contributed by atoms with Gasteiger partial charge in [-0.1, -0.05) is 36.4 Å². The van der Waals surface area contributed by atoms with Gasteiger partial charge in [-0.05, 0) is 24.1 Å². The summed E-state index contributed by atoms with van der Waals surface area (Å²) in [7, 11) is 0. The van der Waals surface area contributed by atoms with Crippen LogP contribution in [0.25, 0.3) is 0 Å². The van der Waals surface area contributed by atoms with E-state index in [1.807, 2.05) is 0 Å². The first-order valence-corrected chi connectivity index (χ1v) is 8.10. The van der Waals surface area contributed by atoms with Crippen molar-refractivity contribution in [2.75, 3.05) is 0 Å². The summed E-state index contributed by atoms with van der Waals surface area (Å²) in [5, 5.41) is 23.1. The van der Waals surface area contributed by atoms with Crippen LogP contribution in [0.4, 0.5) is 18.9 Å². The van der Waals surface area contributed by atoms with Crippen LogP contribution >= 0.6 is 0 Å². The lowest BCUT2D eigenvalue weighted by Crippen LogP contribution is -2.44. The highest BCUT2D eigenvalue weighted by molar-refractivity contribution is 5.82. The van der Waals surface area contributed by atoms with Crippen LogP contribution in [-0.2, 0) is 11.4 Å². The number of aliphatic hydroxyl groups excluding tert-OH is 1. The second-order valence-electron chi connectivity index (χ2n) is 5.96. The highest BCUT2D eigenvalue weighted by atomic mass is 19.4. The maximum absolute atomic E-state index is 12.3. The molecule has 2 atom stereocenters. The molecule has 2 aromatic carbocycles. The number of alkyl halides is 3. The van der Waals surface area contributed by atoms with Crippen molar-refractivity contribution in [3.8, 4) is 5.75 Å². The van der Waals surface area contributed by atoms with E-state index in [4.69, 9.17) is 4.74 Å². The van der Waals surface area contributed by atoms with Gasteiger partial charge < -0.3 is 15.2 Å². The largest absolute Gasteiger partial charge is 0.482 e. The van der Waals surface area contributed by atoms with Crippen LogP contribution in [0.5, 0.6) is 5.75 Å². The first kappa shape index (κ1) is 21.2. The van der Waals surface area contributed by atoms with Gasteiger partial charge >= 0.3 is 17.8 Å². The molecule has 0 fully saturated rings. The number of benzene rings is 2. The summed E-state index contributed by atoms with van der Waals surface area (Å²) < 4.78 is 42.4. The predicted molar refractivity (Wildman–Crippen MR) is 92.5 cm³/mol. The average molecular weight is 398 g/mol. The van der Waals surface area contributed by atoms with Crippen LogP contribution in [0.15, 0.2) is 48.5 Å². The first-order chi connectivity index (χ1) is 13.1. The number of rotatable bonds is 7. The number of carbonyl (C=O) groups is 1. The number of nitrogens with one attached hydrogen (secondary N) is 1. The SMILES string of the molecule is C[C@H](NC(=O)C(F)(F)F)[C@@H](O)c1ccc(OCc2ccccc2)c([N+](=O)[O-])c1. The highest BCUT2D eigenvalue weighted by Crippen LogP contribution is 2.32. The molecule has 2 N–H and O–H groups in total. The topological polar surface area (TPSA) is 102 Å². The molecule has 0 radical (unpaired) electrons.